The molecule has 1 atom stereocenters. The van der Waals surface area contributed by atoms with Gasteiger partial charge in [-0.05, 0) is 49.2 Å². The summed E-state index contributed by atoms with van der Waals surface area (Å²) in [5.41, 5.74) is 2.64. The summed E-state index contributed by atoms with van der Waals surface area (Å²) < 4.78 is 5.59. The number of rotatable bonds is 5. The molecule has 2 amide bonds. The molecule has 0 aliphatic rings. The van der Waals surface area contributed by atoms with Crippen LogP contribution in [0.1, 0.15) is 24.1 Å². The van der Waals surface area contributed by atoms with Gasteiger partial charge >= 0.3 is 12.0 Å². The van der Waals surface area contributed by atoms with Crippen molar-refractivity contribution in [1.29, 1.82) is 0 Å². The summed E-state index contributed by atoms with van der Waals surface area (Å²) in [5.74, 6) is 0.609. The van der Waals surface area contributed by atoms with Crippen LogP contribution in [0, 0.1) is 6.92 Å². The van der Waals surface area contributed by atoms with Crippen molar-refractivity contribution in [2.75, 3.05) is 5.32 Å². The van der Waals surface area contributed by atoms with Gasteiger partial charge in [-0.15, -0.1) is 0 Å². The lowest BCUT2D eigenvalue weighted by atomic mass is 10.1. The van der Waals surface area contributed by atoms with Crippen molar-refractivity contribution >= 4 is 11.7 Å². The molecule has 1 aromatic heterocycles. The maximum atomic E-state index is 12.3. The minimum atomic E-state index is -0.260. The number of nitrogens with zero attached hydrogens (tertiary/aromatic N) is 2. The molecule has 6 heteroatoms. The highest BCUT2D eigenvalue weighted by atomic mass is 16.5. The van der Waals surface area contributed by atoms with Crippen molar-refractivity contribution in [3.8, 4) is 11.8 Å². The molecule has 26 heavy (non-hydrogen) atoms. The number of urea groups is 1. The predicted molar refractivity (Wildman–Crippen MR) is 100 cm³/mol. The fraction of sp³-hybridized carbons (Fsp3) is 0.150. The van der Waals surface area contributed by atoms with E-state index in [1.807, 2.05) is 50.2 Å². The van der Waals surface area contributed by atoms with Crippen molar-refractivity contribution in [1.82, 2.24) is 15.3 Å². The smallest absolute Gasteiger partial charge is 0.321 e. The second-order valence-electron chi connectivity index (χ2n) is 5.84. The van der Waals surface area contributed by atoms with Crippen LogP contribution in [-0.2, 0) is 0 Å². The van der Waals surface area contributed by atoms with Crippen LogP contribution in [0.25, 0.3) is 0 Å². The minimum absolute atomic E-state index is 0.0886. The van der Waals surface area contributed by atoms with E-state index in [1.54, 1.807) is 30.6 Å². The van der Waals surface area contributed by atoms with Crippen LogP contribution in [0.5, 0.6) is 11.8 Å². The van der Waals surface area contributed by atoms with Gasteiger partial charge in [0.2, 0.25) is 0 Å². The van der Waals surface area contributed by atoms with Gasteiger partial charge < -0.3 is 15.4 Å². The van der Waals surface area contributed by atoms with E-state index in [0.29, 0.717) is 11.4 Å². The first-order valence-corrected chi connectivity index (χ1v) is 8.30. The van der Waals surface area contributed by atoms with Crippen molar-refractivity contribution in [2.24, 2.45) is 0 Å². The number of carbonyl (C=O) groups is 1. The van der Waals surface area contributed by atoms with Crippen LogP contribution in [0.3, 0.4) is 0 Å². The molecule has 0 bridgehead atoms. The Kier molecular flexibility index (Phi) is 5.43. The number of anilines is 1. The average Bonchev–Trinajstić information content (AvgIpc) is 2.65. The number of amides is 2. The third-order valence-corrected chi connectivity index (χ3v) is 3.84. The van der Waals surface area contributed by atoms with Gasteiger partial charge in [-0.1, -0.05) is 30.3 Å². The van der Waals surface area contributed by atoms with E-state index in [4.69, 9.17) is 4.74 Å². The third-order valence-electron chi connectivity index (χ3n) is 3.84. The second-order valence-corrected chi connectivity index (χ2v) is 5.84. The highest BCUT2D eigenvalue weighted by Crippen LogP contribution is 2.24. The topological polar surface area (TPSA) is 76.1 Å². The largest absolute Gasteiger partial charge is 0.424 e. The number of nitrogens with one attached hydrogen (secondary N) is 2. The average molecular weight is 348 g/mol. The number of hydrogen-bond donors (Lipinski definition) is 2. The normalized spacial score (nSPS) is 11.5. The zero-order valence-electron chi connectivity index (χ0n) is 14.6. The Bertz CT molecular complexity index is 869. The molecule has 0 fully saturated rings. The maximum absolute atomic E-state index is 12.3. The summed E-state index contributed by atoms with van der Waals surface area (Å²) in [6.45, 7) is 3.84. The van der Waals surface area contributed by atoms with Gasteiger partial charge in [0.15, 0.2) is 0 Å². The van der Waals surface area contributed by atoms with Crippen LogP contribution >= 0.6 is 0 Å². The first-order valence-electron chi connectivity index (χ1n) is 8.30. The highest BCUT2D eigenvalue weighted by Gasteiger charge is 2.11. The van der Waals surface area contributed by atoms with Gasteiger partial charge in [-0.2, -0.15) is 0 Å². The Balaban J connectivity index is 1.62. The van der Waals surface area contributed by atoms with Crippen molar-refractivity contribution < 1.29 is 9.53 Å². The van der Waals surface area contributed by atoms with E-state index in [9.17, 15) is 4.79 Å². The van der Waals surface area contributed by atoms with Gasteiger partial charge in [0.05, 0.1) is 6.04 Å². The van der Waals surface area contributed by atoms with Crippen molar-refractivity contribution in [3.63, 3.8) is 0 Å². The first-order chi connectivity index (χ1) is 12.6. The van der Waals surface area contributed by atoms with E-state index < -0.39 is 0 Å². The van der Waals surface area contributed by atoms with E-state index >= 15 is 0 Å². The molecule has 2 aromatic carbocycles. The number of benzene rings is 2. The van der Waals surface area contributed by atoms with Gasteiger partial charge in [0.25, 0.3) is 0 Å². The molecule has 0 saturated heterocycles. The molecular weight excluding hydrogens is 328 g/mol. The van der Waals surface area contributed by atoms with Gasteiger partial charge in [0, 0.05) is 18.1 Å². The van der Waals surface area contributed by atoms with Gasteiger partial charge in [0.1, 0.15) is 5.75 Å². The summed E-state index contributed by atoms with van der Waals surface area (Å²) in [5, 5.41) is 5.79. The molecule has 0 unspecified atom stereocenters. The molecule has 2 N–H and O–H groups in total. The highest BCUT2D eigenvalue weighted by molar-refractivity contribution is 5.90. The van der Waals surface area contributed by atoms with E-state index in [0.717, 1.165) is 11.1 Å². The molecule has 0 aliphatic carbocycles. The van der Waals surface area contributed by atoms with E-state index in [-0.39, 0.29) is 18.1 Å². The Morgan fingerprint density at radius 2 is 1.77 bits per heavy atom. The lowest BCUT2D eigenvalue weighted by Crippen LogP contribution is -2.31. The fourth-order valence-electron chi connectivity index (χ4n) is 2.46. The molecule has 0 spiro atoms. The monoisotopic (exact) mass is 348 g/mol. The van der Waals surface area contributed by atoms with Crippen LogP contribution < -0.4 is 15.4 Å². The molecule has 0 aliphatic heterocycles. The Morgan fingerprint density at radius 1 is 1.04 bits per heavy atom. The number of ether oxygens (including phenoxy) is 1. The first kappa shape index (κ1) is 17.4. The SMILES string of the molecule is Cc1cc(Oc2ncccn2)ccc1NC(=O)N[C@@H](C)c1ccccc1. The fourth-order valence-corrected chi connectivity index (χ4v) is 2.46. The summed E-state index contributed by atoms with van der Waals surface area (Å²) in [6, 6.07) is 16.8. The zero-order valence-corrected chi connectivity index (χ0v) is 14.6. The molecular formula is C20H20N4O2. The molecule has 6 nitrogen and oxygen atoms in total. The lowest BCUT2D eigenvalue weighted by Gasteiger charge is -2.16. The quantitative estimate of drug-likeness (QED) is 0.714. The zero-order chi connectivity index (χ0) is 18.4. The predicted octanol–water partition coefficient (Wildman–Crippen LogP) is 4.46. The summed E-state index contributed by atoms with van der Waals surface area (Å²) in [4.78, 5) is 20.3. The van der Waals surface area contributed by atoms with Crippen molar-refractivity contribution in [3.05, 3.63) is 78.1 Å². The van der Waals surface area contributed by atoms with Gasteiger partial charge in [-0.25, -0.2) is 14.8 Å². The Hall–Kier alpha value is -3.41. The summed E-state index contributed by atoms with van der Waals surface area (Å²) in [6.07, 6.45) is 3.23. The van der Waals surface area contributed by atoms with Crippen molar-refractivity contribution in [2.45, 2.75) is 19.9 Å². The molecule has 0 saturated carbocycles. The van der Waals surface area contributed by atoms with Crippen LogP contribution in [-0.4, -0.2) is 16.0 Å². The maximum Gasteiger partial charge on any atom is 0.321 e. The Morgan fingerprint density at radius 3 is 2.46 bits per heavy atom. The van der Waals surface area contributed by atoms with E-state index in [2.05, 4.69) is 20.6 Å². The second kappa shape index (κ2) is 8.11. The third kappa shape index (κ3) is 4.57. The number of hydrogen-bond acceptors (Lipinski definition) is 4. The minimum Gasteiger partial charge on any atom is -0.424 e. The number of carbonyl (C=O) groups excluding carboxylic acids is 1. The van der Waals surface area contributed by atoms with E-state index in [1.165, 1.54) is 0 Å². The molecule has 132 valence electrons. The van der Waals surface area contributed by atoms with Crippen LogP contribution in [0.2, 0.25) is 0 Å². The molecule has 3 aromatic rings. The molecule has 3 rings (SSSR count). The molecule has 0 radical (unpaired) electrons. The van der Waals surface area contributed by atoms with Gasteiger partial charge in [-0.3, -0.25) is 0 Å². The number of aromatic nitrogens is 2. The van der Waals surface area contributed by atoms with Crippen LogP contribution in [0.15, 0.2) is 67.0 Å². The Labute approximate surface area is 152 Å². The number of aryl methyl sites for hydroxylation is 1. The summed E-state index contributed by atoms with van der Waals surface area (Å²) >= 11 is 0. The standard InChI is InChI=1S/C20H20N4O2/c1-14-13-17(26-20-21-11-6-12-22-20)9-10-18(14)24-19(25)23-15(2)16-7-4-3-5-8-16/h3-13,15H,1-2H3,(H2,23,24,25)/t15-/m0/s1. The summed E-state index contributed by atoms with van der Waals surface area (Å²) in [7, 11) is 0. The lowest BCUT2D eigenvalue weighted by molar-refractivity contribution is 0.249. The van der Waals surface area contributed by atoms with Crippen LogP contribution in [0.4, 0.5) is 10.5 Å². The molecule has 1 heterocycles.